The molecule has 2 heterocycles. The molecule has 1 amide bonds. The van der Waals surface area contributed by atoms with Crippen molar-refractivity contribution in [1.29, 1.82) is 0 Å². The monoisotopic (exact) mass is 277 g/mol. The van der Waals surface area contributed by atoms with E-state index in [4.69, 9.17) is 20.9 Å². The van der Waals surface area contributed by atoms with Crippen LogP contribution in [-0.2, 0) is 4.79 Å². The summed E-state index contributed by atoms with van der Waals surface area (Å²) in [4.78, 5) is 13.5. The Bertz CT molecular complexity index is 601. The third kappa shape index (κ3) is 1.81. The number of carbonyl (C=O) groups is 1. The third-order valence-corrected chi connectivity index (χ3v) is 3.29. The van der Waals surface area contributed by atoms with Gasteiger partial charge in [0.05, 0.1) is 11.4 Å². The Morgan fingerprint density at radius 3 is 3.15 bits per heavy atom. The van der Waals surface area contributed by atoms with E-state index in [9.17, 15) is 4.79 Å². The first kappa shape index (κ1) is 12.5. The number of hydrazone groups is 1. The van der Waals surface area contributed by atoms with Gasteiger partial charge < -0.3 is 20.1 Å². The van der Waals surface area contributed by atoms with Crippen molar-refractivity contribution < 1.29 is 14.3 Å². The minimum atomic E-state index is -0.383. The van der Waals surface area contributed by atoms with Gasteiger partial charge in [-0.05, 0) is 13.0 Å². The van der Waals surface area contributed by atoms with E-state index in [-0.39, 0.29) is 25.3 Å². The van der Waals surface area contributed by atoms with Gasteiger partial charge in [0.15, 0.2) is 5.84 Å². The number of hydrogen-bond donors (Lipinski definition) is 3. The number of nitrogens with zero attached hydrogens (tertiary/aromatic N) is 2. The number of nitrogens with two attached hydrogens (primary N) is 2. The van der Waals surface area contributed by atoms with Crippen LogP contribution in [0.5, 0.6) is 11.5 Å². The van der Waals surface area contributed by atoms with Crippen LogP contribution in [0.3, 0.4) is 0 Å². The Morgan fingerprint density at radius 1 is 1.60 bits per heavy atom. The molecule has 106 valence electrons. The fourth-order valence-electron chi connectivity index (χ4n) is 2.28. The lowest BCUT2D eigenvalue weighted by atomic mass is 10.1. The molecule has 8 nitrogen and oxygen atoms in total. The van der Waals surface area contributed by atoms with E-state index in [1.54, 1.807) is 24.0 Å². The largest absolute Gasteiger partial charge is 0.483 e. The number of benzene rings is 1. The van der Waals surface area contributed by atoms with E-state index >= 15 is 0 Å². The molecule has 1 aromatic carbocycles. The van der Waals surface area contributed by atoms with E-state index in [1.807, 2.05) is 0 Å². The van der Waals surface area contributed by atoms with E-state index in [0.717, 1.165) is 0 Å². The van der Waals surface area contributed by atoms with E-state index in [0.29, 0.717) is 28.7 Å². The zero-order chi connectivity index (χ0) is 14.3. The molecule has 2 aliphatic heterocycles. The Kier molecular flexibility index (Phi) is 2.87. The summed E-state index contributed by atoms with van der Waals surface area (Å²) in [7, 11) is 0. The van der Waals surface area contributed by atoms with Crippen molar-refractivity contribution in [3.63, 3.8) is 0 Å². The molecular weight excluding hydrogens is 262 g/mol. The lowest BCUT2D eigenvalue weighted by molar-refractivity contribution is -0.122. The molecule has 0 aromatic heterocycles. The van der Waals surface area contributed by atoms with Gasteiger partial charge in [0.1, 0.15) is 30.9 Å². The second kappa shape index (κ2) is 4.57. The summed E-state index contributed by atoms with van der Waals surface area (Å²) in [6, 6.07) is 2.99. The smallest absolute Gasteiger partial charge is 0.262 e. The van der Waals surface area contributed by atoms with Crippen molar-refractivity contribution in [2.45, 2.75) is 13.0 Å². The average molecular weight is 277 g/mol. The molecule has 1 aromatic rings. The molecule has 0 fully saturated rings. The van der Waals surface area contributed by atoms with Crippen LogP contribution in [0.25, 0.3) is 0 Å². The lowest BCUT2D eigenvalue weighted by Gasteiger charge is -2.38. The summed E-state index contributed by atoms with van der Waals surface area (Å²) in [6.07, 6.45) is 0. The predicted molar refractivity (Wildman–Crippen MR) is 73.6 cm³/mol. The molecule has 1 atom stereocenters. The predicted octanol–water partition coefficient (Wildman–Crippen LogP) is -0.406. The minimum Gasteiger partial charge on any atom is -0.483 e. The summed E-state index contributed by atoms with van der Waals surface area (Å²) in [6.45, 7) is 2.08. The van der Waals surface area contributed by atoms with Crippen LogP contribution in [0.15, 0.2) is 17.2 Å². The van der Waals surface area contributed by atoms with Crippen LogP contribution in [0, 0.1) is 0 Å². The van der Waals surface area contributed by atoms with Crippen LogP contribution < -0.4 is 31.3 Å². The van der Waals surface area contributed by atoms with Gasteiger partial charge in [0, 0.05) is 6.07 Å². The number of amides is 1. The zero-order valence-corrected chi connectivity index (χ0v) is 10.9. The van der Waals surface area contributed by atoms with Crippen LogP contribution in [0.2, 0.25) is 0 Å². The third-order valence-electron chi connectivity index (χ3n) is 3.29. The summed E-state index contributed by atoms with van der Waals surface area (Å²) < 4.78 is 10.8. The van der Waals surface area contributed by atoms with Crippen LogP contribution in [0.4, 0.5) is 11.4 Å². The average Bonchev–Trinajstić information content (AvgIpc) is 2.44. The fourth-order valence-corrected chi connectivity index (χ4v) is 2.28. The summed E-state index contributed by atoms with van der Waals surface area (Å²) in [5, 5.41) is 4.00. The van der Waals surface area contributed by atoms with Crippen molar-refractivity contribution in [3.05, 3.63) is 12.1 Å². The topological polar surface area (TPSA) is 115 Å². The zero-order valence-electron chi connectivity index (χ0n) is 10.9. The van der Waals surface area contributed by atoms with E-state index in [2.05, 4.69) is 10.5 Å². The molecule has 0 spiro atoms. The maximum Gasteiger partial charge on any atom is 0.262 e. The molecular formula is C12H15N5O3. The maximum absolute atomic E-state index is 11.7. The number of nitrogens with one attached hydrogen (secondary N) is 1. The molecule has 5 N–H and O–H groups in total. The number of rotatable bonds is 2. The van der Waals surface area contributed by atoms with Crippen LogP contribution in [-0.4, -0.2) is 31.1 Å². The molecule has 0 saturated heterocycles. The van der Waals surface area contributed by atoms with Gasteiger partial charge in [-0.15, -0.1) is 0 Å². The number of ether oxygens (including phenoxy) is 2. The highest BCUT2D eigenvalue weighted by Gasteiger charge is 2.35. The molecule has 3 rings (SSSR count). The van der Waals surface area contributed by atoms with Gasteiger partial charge in [-0.1, -0.05) is 0 Å². The van der Waals surface area contributed by atoms with Gasteiger partial charge in [0.25, 0.3) is 5.91 Å². The van der Waals surface area contributed by atoms with Crippen molar-refractivity contribution in [2.75, 3.05) is 24.0 Å². The number of amidine groups is 1. The highest BCUT2D eigenvalue weighted by molar-refractivity contribution is 6.09. The number of nitrogen functional groups attached to an aromatic ring is 1. The molecule has 1 unspecified atom stereocenters. The molecule has 0 aliphatic carbocycles. The first-order chi connectivity index (χ1) is 9.61. The number of hydrogen-bond acceptors (Lipinski definition) is 7. The van der Waals surface area contributed by atoms with E-state index in [1.165, 1.54) is 0 Å². The summed E-state index contributed by atoms with van der Waals surface area (Å²) in [5.41, 5.74) is 14.9. The van der Waals surface area contributed by atoms with Gasteiger partial charge >= 0.3 is 0 Å². The van der Waals surface area contributed by atoms with Crippen molar-refractivity contribution in [1.82, 2.24) is 5.43 Å². The SMILES string of the molecule is CC1C(=O)NN=C2COc3cc(OCN)c(N)cc3N21. The summed E-state index contributed by atoms with van der Waals surface area (Å²) in [5.74, 6) is 1.50. The normalized spacial score (nSPS) is 20.3. The van der Waals surface area contributed by atoms with Gasteiger partial charge in [0.2, 0.25) is 0 Å². The minimum absolute atomic E-state index is 0.0260. The Morgan fingerprint density at radius 2 is 2.40 bits per heavy atom. The first-order valence-electron chi connectivity index (χ1n) is 6.16. The van der Waals surface area contributed by atoms with Crippen LogP contribution in [0.1, 0.15) is 6.92 Å². The van der Waals surface area contributed by atoms with Crippen molar-refractivity contribution in [2.24, 2.45) is 10.8 Å². The van der Waals surface area contributed by atoms with E-state index < -0.39 is 0 Å². The molecule has 0 bridgehead atoms. The van der Waals surface area contributed by atoms with Crippen molar-refractivity contribution >= 4 is 23.1 Å². The van der Waals surface area contributed by atoms with Gasteiger partial charge in [-0.2, -0.15) is 5.10 Å². The second-order valence-corrected chi connectivity index (χ2v) is 4.51. The van der Waals surface area contributed by atoms with Crippen LogP contribution >= 0.6 is 0 Å². The summed E-state index contributed by atoms with van der Waals surface area (Å²) >= 11 is 0. The Hall–Kier alpha value is -2.48. The quantitative estimate of drug-likeness (QED) is 0.500. The van der Waals surface area contributed by atoms with Gasteiger partial charge in [-0.3, -0.25) is 10.5 Å². The van der Waals surface area contributed by atoms with Gasteiger partial charge in [-0.25, -0.2) is 5.43 Å². The first-order valence-corrected chi connectivity index (χ1v) is 6.16. The highest BCUT2D eigenvalue weighted by atomic mass is 16.5. The molecule has 20 heavy (non-hydrogen) atoms. The Balaban J connectivity index is 2.07. The fraction of sp³-hybridized carbons (Fsp3) is 0.333. The lowest BCUT2D eigenvalue weighted by Crippen LogP contribution is -2.55. The molecule has 0 saturated carbocycles. The highest BCUT2D eigenvalue weighted by Crippen LogP contribution is 2.40. The molecule has 2 aliphatic rings. The molecule has 0 radical (unpaired) electrons. The number of fused-ring (bicyclic) bond motifs is 3. The standard InChI is InChI=1S/C12H15N5O3/c1-6-12(18)16-15-11-4-19-10-3-9(20-5-13)7(14)2-8(10)17(6)11/h2-3,6H,4-5,13-14H2,1H3,(H,16,18). The maximum atomic E-state index is 11.7. The second-order valence-electron chi connectivity index (χ2n) is 4.51. The molecule has 8 heteroatoms. The Labute approximate surface area is 115 Å². The number of anilines is 2. The number of carbonyl (C=O) groups excluding carboxylic acids is 1. The van der Waals surface area contributed by atoms with Crippen molar-refractivity contribution in [3.8, 4) is 11.5 Å².